The molecule has 0 N–H and O–H groups in total. The summed E-state index contributed by atoms with van der Waals surface area (Å²) in [6, 6.07) is 7.83. The normalized spacial score (nSPS) is 16.5. The largest absolute Gasteiger partial charge is 0.424 e. The van der Waals surface area contributed by atoms with Crippen LogP contribution in [0.1, 0.15) is 36.1 Å². The van der Waals surface area contributed by atoms with Crippen LogP contribution >= 0.6 is 15.9 Å². The van der Waals surface area contributed by atoms with E-state index < -0.39 is 10.8 Å². The second-order valence-corrected chi connectivity index (χ2v) is 7.04. The van der Waals surface area contributed by atoms with Crippen LogP contribution in [0.4, 0.5) is 0 Å². The Bertz CT molecular complexity index is 610. The van der Waals surface area contributed by atoms with Crippen molar-refractivity contribution in [2.75, 3.05) is 0 Å². The van der Waals surface area contributed by atoms with Gasteiger partial charge in [0.1, 0.15) is 5.75 Å². The van der Waals surface area contributed by atoms with Gasteiger partial charge in [0.05, 0.1) is 0 Å². The molecule has 1 aromatic carbocycles. The van der Waals surface area contributed by atoms with Crippen LogP contribution in [0.15, 0.2) is 33.2 Å². The van der Waals surface area contributed by atoms with Crippen LogP contribution in [0.5, 0.6) is 0 Å². The van der Waals surface area contributed by atoms with E-state index in [1.54, 1.807) is 0 Å². The van der Waals surface area contributed by atoms with E-state index in [9.17, 15) is 4.21 Å². The van der Waals surface area contributed by atoms with Gasteiger partial charge < -0.3 is 4.42 Å². The monoisotopic (exact) mass is 340 g/mol. The van der Waals surface area contributed by atoms with Gasteiger partial charge in [0, 0.05) is 26.9 Å². The summed E-state index contributed by atoms with van der Waals surface area (Å²) in [5, 5.41) is 7.95. The molecule has 0 amide bonds. The molecule has 1 heterocycles. The van der Waals surface area contributed by atoms with Crippen LogP contribution in [0.2, 0.25) is 0 Å². The van der Waals surface area contributed by atoms with E-state index in [2.05, 4.69) is 26.1 Å². The van der Waals surface area contributed by atoms with E-state index in [-0.39, 0.29) is 0 Å². The number of hydrogen-bond donors (Lipinski definition) is 0. The van der Waals surface area contributed by atoms with Gasteiger partial charge in [0.25, 0.3) is 0 Å². The van der Waals surface area contributed by atoms with Gasteiger partial charge >= 0.3 is 0 Å². The van der Waals surface area contributed by atoms with Gasteiger partial charge in [-0.15, -0.1) is 10.2 Å². The average molecular weight is 341 g/mol. The summed E-state index contributed by atoms with van der Waals surface area (Å²) in [4.78, 5) is 0. The average Bonchev–Trinajstić information content (AvgIpc) is 3.11. The maximum absolute atomic E-state index is 12.1. The highest BCUT2D eigenvalue weighted by molar-refractivity contribution is 9.10. The Labute approximate surface area is 122 Å². The van der Waals surface area contributed by atoms with Gasteiger partial charge in [-0.2, -0.15) is 0 Å². The highest BCUT2D eigenvalue weighted by Crippen LogP contribution is 2.39. The Morgan fingerprint density at radius 3 is 2.89 bits per heavy atom. The summed E-state index contributed by atoms with van der Waals surface area (Å²) >= 11 is 3.41. The molecule has 6 heteroatoms. The molecule has 1 aromatic heterocycles. The maximum atomic E-state index is 12.1. The predicted octanol–water partition coefficient (Wildman–Crippen LogP) is 3.16. The second-order valence-electron chi connectivity index (χ2n) is 4.67. The van der Waals surface area contributed by atoms with E-state index in [0.29, 0.717) is 29.2 Å². The highest BCUT2D eigenvalue weighted by Gasteiger charge is 2.29. The molecule has 0 bridgehead atoms. The lowest BCUT2D eigenvalue weighted by molar-refractivity contribution is 0.465. The first kappa shape index (κ1) is 13.0. The Balaban J connectivity index is 1.61. The lowest BCUT2D eigenvalue weighted by Gasteiger charge is -2.00. The first-order chi connectivity index (χ1) is 9.20. The second kappa shape index (κ2) is 5.54. The van der Waals surface area contributed by atoms with Crippen molar-refractivity contribution in [3.63, 3.8) is 0 Å². The van der Waals surface area contributed by atoms with Crippen molar-refractivity contribution in [2.45, 2.75) is 30.3 Å². The topological polar surface area (TPSA) is 56.0 Å². The molecular weight excluding hydrogens is 328 g/mol. The zero-order valence-corrected chi connectivity index (χ0v) is 12.6. The number of aromatic nitrogens is 2. The van der Waals surface area contributed by atoms with Gasteiger partial charge in [0.2, 0.25) is 11.8 Å². The summed E-state index contributed by atoms with van der Waals surface area (Å²) < 4.78 is 18.6. The predicted molar refractivity (Wildman–Crippen MR) is 76.0 cm³/mol. The van der Waals surface area contributed by atoms with Crippen molar-refractivity contribution < 1.29 is 8.63 Å². The van der Waals surface area contributed by atoms with E-state index in [1.807, 2.05) is 24.3 Å². The molecule has 0 spiro atoms. The smallest absolute Gasteiger partial charge is 0.229 e. The molecule has 4 nitrogen and oxygen atoms in total. The number of rotatable bonds is 5. The van der Waals surface area contributed by atoms with Crippen molar-refractivity contribution in [3.8, 4) is 0 Å². The Morgan fingerprint density at radius 1 is 1.32 bits per heavy atom. The third-order valence-corrected chi connectivity index (χ3v) is 4.63. The molecule has 0 radical (unpaired) electrons. The summed E-state index contributed by atoms with van der Waals surface area (Å²) in [6.07, 6.45) is 2.26. The van der Waals surface area contributed by atoms with Crippen LogP contribution < -0.4 is 0 Å². The molecule has 1 atom stereocenters. The van der Waals surface area contributed by atoms with Gasteiger partial charge in [0.15, 0.2) is 0 Å². The molecule has 2 aromatic rings. The lowest BCUT2D eigenvalue weighted by Crippen LogP contribution is -1.99. The fourth-order valence-corrected chi connectivity index (χ4v) is 3.31. The number of hydrogen-bond acceptors (Lipinski definition) is 4. The van der Waals surface area contributed by atoms with E-state index in [4.69, 9.17) is 4.42 Å². The minimum absolute atomic E-state index is 0.326. The van der Waals surface area contributed by atoms with Crippen molar-refractivity contribution in [1.29, 1.82) is 0 Å². The molecule has 1 aliphatic rings. The zero-order valence-electron chi connectivity index (χ0n) is 10.2. The molecule has 0 saturated heterocycles. The van der Waals surface area contributed by atoms with Crippen LogP contribution in [0.25, 0.3) is 0 Å². The third kappa shape index (κ3) is 3.51. The molecule has 1 unspecified atom stereocenters. The molecule has 100 valence electrons. The molecule has 1 aliphatic carbocycles. The minimum atomic E-state index is -1.03. The van der Waals surface area contributed by atoms with E-state index in [0.717, 1.165) is 22.9 Å². The molecule has 1 saturated carbocycles. The van der Waals surface area contributed by atoms with Gasteiger partial charge in [-0.1, -0.05) is 28.1 Å². The fourth-order valence-electron chi connectivity index (χ4n) is 1.82. The summed E-state index contributed by atoms with van der Waals surface area (Å²) in [5.41, 5.74) is 1.04. The molecular formula is C13H13BrN2O2S. The number of nitrogens with zero attached hydrogens (tertiary/aromatic N) is 2. The Kier molecular flexibility index (Phi) is 3.79. The fraction of sp³-hybridized carbons (Fsp3) is 0.385. The number of benzene rings is 1. The summed E-state index contributed by atoms with van der Waals surface area (Å²) in [6.45, 7) is 0. The Hall–Kier alpha value is -1.01. The standard InChI is InChI=1S/C13H13BrN2O2S/c14-11-3-1-2-9(6-11)7-19(17)8-12-15-16-13(18-12)10-4-5-10/h1-3,6,10H,4-5,7-8H2. The lowest BCUT2D eigenvalue weighted by atomic mass is 10.2. The van der Waals surface area contributed by atoms with Gasteiger partial charge in [-0.05, 0) is 30.5 Å². The third-order valence-electron chi connectivity index (χ3n) is 2.91. The molecule has 0 aliphatic heterocycles. The Morgan fingerprint density at radius 2 is 2.16 bits per heavy atom. The molecule has 3 rings (SSSR count). The van der Waals surface area contributed by atoms with E-state index in [1.165, 1.54) is 0 Å². The van der Waals surface area contributed by atoms with Gasteiger partial charge in [-0.3, -0.25) is 4.21 Å². The first-order valence-corrected chi connectivity index (χ1v) is 8.40. The highest BCUT2D eigenvalue weighted by atomic mass is 79.9. The number of halogens is 1. The van der Waals surface area contributed by atoms with Crippen LogP contribution in [-0.4, -0.2) is 14.4 Å². The van der Waals surface area contributed by atoms with Crippen molar-refractivity contribution in [2.24, 2.45) is 0 Å². The van der Waals surface area contributed by atoms with Gasteiger partial charge in [-0.25, -0.2) is 0 Å². The zero-order chi connectivity index (χ0) is 13.2. The van der Waals surface area contributed by atoms with Crippen LogP contribution in [0, 0.1) is 0 Å². The first-order valence-electron chi connectivity index (χ1n) is 6.12. The van der Waals surface area contributed by atoms with E-state index >= 15 is 0 Å². The summed E-state index contributed by atoms with van der Waals surface area (Å²) in [7, 11) is -1.03. The maximum Gasteiger partial charge on any atom is 0.229 e. The van der Waals surface area contributed by atoms with Crippen molar-refractivity contribution in [1.82, 2.24) is 10.2 Å². The minimum Gasteiger partial charge on any atom is -0.424 e. The quantitative estimate of drug-likeness (QED) is 0.838. The van der Waals surface area contributed by atoms with Crippen LogP contribution in [0.3, 0.4) is 0 Å². The SMILES string of the molecule is O=S(Cc1cccc(Br)c1)Cc1nnc(C2CC2)o1. The molecule has 19 heavy (non-hydrogen) atoms. The summed E-state index contributed by atoms with van der Waals surface area (Å²) in [5.74, 6) is 2.46. The van der Waals surface area contributed by atoms with Crippen LogP contribution in [-0.2, 0) is 22.3 Å². The molecule has 1 fully saturated rings. The van der Waals surface area contributed by atoms with Crippen molar-refractivity contribution >= 4 is 26.7 Å². The van der Waals surface area contributed by atoms with Crippen molar-refractivity contribution in [3.05, 3.63) is 46.1 Å².